The first-order chi connectivity index (χ1) is 7.72. The molecule has 0 fully saturated rings. The molecule has 4 heteroatoms. The van der Waals surface area contributed by atoms with Crippen LogP contribution in [0.4, 0.5) is 0 Å². The fourth-order valence-electron chi connectivity index (χ4n) is 1.58. The minimum Gasteiger partial charge on any atom is -0.218 e. The predicted molar refractivity (Wildman–Crippen MR) is 66.9 cm³/mol. The average Bonchev–Trinajstić information content (AvgIpc) is 2.29. The molecule has 0 atom stereocenters. The van der Waals surface area contributed by atoms with Gasteiger partial charge in [0.2, 0.25) is 5.28 Å². The van der Waals surface area contributed by atoms with Gasteiger partial charge in [0.25, 0.3) is 0 Å². The summed E-state index contributed by atoms with van der Waals surface area (Å²) in [5.41, 5.74) is 2.75. The highest BCUT2D eigenvalue weighted by Gasteiger charge is 2.11. The van der Waals surface area contributed by atoms with Crippen molar-refractivity contribution in [3.63, 3.8) is 0 Å². The van der Waals surface area contributed by atoms with Crippen molar-refractivity contribution in [2.24, 2.45) is 0 Å². The zero-order valence-electron chi connectivity index (χ0n) is 8.74. The first-order valence-electron chi connectivity index (χ1n) is 4.99. The smallest absolute Gasteiger partial charge is 0.218 e. The summed E-state index contributed by atoms with van der Waals surface area (Å²) in [6.07, 6.45) is 0.778. The molecule has 0 unspecified atom stereocenters. The maximum absolute atomic E-state index is 6.05. The van der Waals surface area contributed by atoms with Crippen molar-refractivity contribution in [2.75, 3.05) is 0 Å². The second kappa shape index (κ2) is 4.81. The van der Waals surface area contributed by atoms with Crippen LogP contribution < -0.4 is 0 Å². The first-order valence-corrected chi connectivity index (χ1v) is 5.75. The molecule has 0 amide bonds. The molecule has 0 aliphatic carbocycles. The Morgan fingerprint density at radius 2 is 1.75 bits per heavy atom. The molecule has 1 aromatic carbocycles. The van der Waals surface area contributed by atoms with Crippen molar-refractivity contribution in [1.82, 2.24) is 9.97 Å². The largest absolute Gasteiger partial charge is 0.224 e. The van der Waals surface area contributed by atoms with Crippen LogP contribution in [-0.2, 0) is 6.42 Å². The van der Waals surface area contributed by atoms with E-state index >= 15 is 0 Å². The molecule has 0 aliphatic heterocycles. The van der Waals surface area contributed by atoms with Gasteiger partial charge in [-0.1, -0.05) is 48.9 Å². The number of benzene rings is 1. The second-order valence-corrected chi connectivity index (χ2v) is 4.03. The molecule has 0 bridgehead atoms. The van der Waals surface area contributed by atoms with Crippen LogP contribution in [0.5, 0.6) is 0 Å². The molecule has 0 saturated carbocycles. The Morgan fingerprint density at radius 1 is 1.06 bits per heavy atom. The predicted octanol–water partition coefficient (Wildman–Crippen LogP) is 4.01. The van der Waals surface area contributed by atoms with E-state index in [0.717, 1.165) is 23.2 Å². The lowest BCUT2D eigenvalue weighted by molar-refractivity contribution is 1.05. The molecule has 16 heavy (non-hydrogen) atoms. The molecule has 82 valence electrons. The Balaban J connectivity index is 2.64. The average molecular weight is 253 g/mol. The zero-order chi connectivity index (χ0) is 11.5. The van der Waals surface area contributed by atoms with Gasteiger partial charge in [0, 0.05) is 11.1 Å². The topological polar surface area (TPSA) is 25.8 Å². The zero-order valence-corrected chi connectivity index (χ0v) is 10.3. The van der Waals surface area contributed by atoms with Gasteiger partial charge in [0.1, 0.15) is 5.15 Å². The summed E-state index contributed by atoms with van der Waals surface area (Å²) in [5, 5.41) is 0.613. The van der Waals surface area contributed by atoms with E-state index in [0.29, 0.717) is 5.15 Å². The SMILES string of the molecule is CCc1c(Cl)nc(Cl)nc1-c1ccccc1. The van der Waals surface area contributed by atoms with E-state index < -0.39 is 0 Å². The van der Waals surface area contributed by atoms with Gasteiger partial charge in [-0.05, 0) is 18.0 Å². The molecule has 2 aromatic rings. The van der Waals surface area contributed by atoms with E-state index in [1.165, 1.54) is 0 Å². The monoisotopic (exact) mass is 252 g/mol. The van der Waals surface area contributed by atoms with Gasteiger partial charge >= 0.3 is 0 Å². The Hall–Kier alpha value is -1.12. The van der Waals surface area contributed by atoms with Crippen molar-refractivity contribution in [2.45, 2.75) is 13.3 Å². The fraction of sp³-hybridized carbons (Fsp3) is 0.167. The lowest BCUT2D eigenvalue weighted by Gasteiger charge is -2.08. The molecule has 0 aliphatic rings. The van der Waals surface area contributed by atoms with Crippen LogP contribution in [0.25, 0.3) is 11.3 Å². The van der Waals surface area contributed by atoms with E-state index in [1.54, 1.807) is 0 Å². The summed E-state index contributed by atoms with van der Waals surface area (Å²) in [4.78, 5) is 8.20. The van der Waals surface area contributed by atoms with Gasteiger partial charge in [-0.25, -0.2) is 9.97 Å². The van der Waals surface area contributed by atoms with Crippen molar-refractivity contribution >= 4 is 23.2 Å². The highest BCUT2D eigenvalue weighted by Crippen LogP contribution is 2.27. The van der Waals surface area contributed by atoms with Crippen molar-refractivity contribution < 1.29 is 0 Å². The normalized spacial score (nSPS) is 10.4. The summed E-state index contributed by atoms with van der Waals surface area (Å²) in [7, 11) is 0. The third-order valence-corrected chi connectivity index (χ3v) is 2.81. The molecule has 2 rings (SSSR count). The van der Waals surface area contributed by atoms with E-state index in [-0.39, 0.29) is 5.28 Å². The summed E-state index contributed by atoms with van der Waals surface area (Å²) in [6, 6.07) is 9.83. The number of aromatic nitrogens is 2. The second-order valence-electron chi connectivity index (χ2n) is 3.33. The highest BCUT2D eigenvalue weighted by molar-refractivity contribution is 6.32. The van der Waals surface area contributed by atoms with Gasteiger partial charge in [0.05, 0.1) is 5.69 Å². The van der Waals surface area contributed by atoms with E-state index in [1.807, 2.05) is 37.3 Å². The summed E-state index contributed by atoms with van der Waals surface area (Å²) in [6.45, 7) is 2.02. The molecule has 0 N–H and O–H groups in total. The fourth-order valence-corrected chi connectivity index (χ4v) is 2.09. The molecular formula is C12H10Cl2N2. The third kappa shape index (κ3) is 2.18. The Morgan fingerprint density at radius 3 is 2.38 bits per heavy atom. The van der Waals surface area contributed by atoms with Gasteiger partial charge in [-0.15, -0.1) is 0 Å². The number of nitrogens with zero attached hydrogens (tertiary/aromatic N) is 2. The van der Waals surface area contributed by atoms with Crippen molar-refractivity contribution in [3.05, 3.63) is 46.3 Å². The number of halogens is 2. The lowest BCUT2D eigenvalue weighted by atomic mass is 10.1. The van der Waals surface area contributed by atoms with Crippen LogP contribution in [0, 0.1) is 0 Å². The van der Waals surface area contributed by atoms with Crippen LogP contribution in [0.3, 0.4) is 0 Å². The number of hydrogen-bond donors (Lipinski definition) is 0. The maximum atomic E-state index is 6.05. The molecule has 0 radical (unpaired) electrons. The Labute approximate surface area is 104 Å². The summed E-state index contributed by atoms with van der Waals surface area (Å²) in [5.74, 6) is 0. The van der Waals surface area contributed by atoms with E-state index in [9.17, 15) is 0 Å². The van der Waals surface area contributed by atoms with Gasteiger partial charge < -0.3 is 0 Å². The minimum absolute atomic E-state index is 0.182. The van der Waals surface area contributed by atoms with Crippen LogP contribution in [-0.4, -0.2) is 9.97 Å². The van der Waals surface area contributed by atoms with Crippen molar-refractivity contribution in [3.8, 4) is 11.3 Å². The summed E-state index contributed by atoms with van der Waals surface area (Å²) >= 11 is 11.9. The number of rotatable bonds is 2. The molecule has 2 nitrogen and oxygen atoms in total. The van der Waals surface area contributed by atoms with Crippen LogP contribution >= 0.6 is 23.2 Å². The van der Waals surface area contributed by atoms with E-state index in [2.05, 4.69) is 9.97 Å². The Kier molecular flexibility index (Phi) is 3.42. The van der Waals surface area contributed by atoms with Gasteiger partial charge in [-0.3, -0.25) is 0 Å². The van der Waals surface area contributed by atoms with Crippen molar-refractivity contribution in [1.29, 1.82) is 0 Å². The molecule has 1 heterocycles. The molecule has 1 aromatic heterocycles. The summed E-state index contributed by atoms with van der Waals surface area (Å²) < 4.78 is 0. The first kappa shape index (κ1) is 11.4. The lowest BCUT2D eigenvalue weighted by Crippen LogP contribution is -1.97. The highest BCUT2D eigenvalue weighted by atomic mass is 35.5. The Bertz CT molecular complexity index is 498. The molecule has 0 spiro atoms. The quantitative estimate of drug-likeness (QED) is 0.596. The number of hydrogen-bond acceptors (Lipinski definition) is 2. The minimum atomic E-state index is 0.182. The van der Waals surface area contributed by atoms with Gasteiger partial charge in [0.15, 0.2) is 0 Å². The standard InChI is InChI=1S/C12H10Cl2N2/c1-2-9-10(8-6-4-3-5-7-8)15-12(14)16-11(9)13/h3-7H,2H2,1H3. The van der Waals surface area contributed by atoms with Crippen LogP contribution in [0.1, 0.15) is 12.5 Å². The van der Waals surface area contributed by atoms with Crippen LogP contribution in [0.15, 0.2) is 30.3 Å². The molecular weight excluding hydrogens is 243 g/mol. The maximum Gasteiger partial charge on any atom is 0.224 e. The van der Waals surface area contributed by atoms with E-state index in [4.69, 9.17) is 23.2 Å². The van der Waals surface area contributed by atoms with Gasteiger partial charge in [-0.2, -0.15) is 0 Å². The van der Waals surface area contributed by atoms with Crippen LogP contribution in [0.2, 0.25) is 10.4 Å². The third-order valence-electron chi connectivity index (χ3n) is 2.33. The molecule has 0 saturated heterocycles.